The second-order valence-corrected chi connectivity index (χ2v) is 7.95. The van der Waals surface area contributed by atoms with Gasteiger partial charge in [0.2, 0.25) is 0 Å². The Bertz CT molecular complexity index is 980. The second-order valence-electron chi connectivity index (χ2n) is 7.95. The normalized spacial score (nSPS) is 19.9. The maximum atomic E-state index is 12.6. The predicted molar refractivity (Wildman–Crippen MR) is 108 cm³/mol. The van der Waals surface area contributed by atoms with E-state index in [0.29, 0.717) is 23.6 Å². The Morgan fingerprint density at radius 1 is 1.21 bits per heavy atom. The molecule has 2 aromatic heterocycles. The SMILES string of the molecule is CC(C)C(O)c1nnc2ccc(C(=O)NC3CC(OCc4ccccc4)C3)cn12. The summed E-state index contributed by atoms with van der Waals surface area (Å²) < 4.78 is 7.58. The molecule has 0 spiro atoms. The Balaban J connectivity index is 1.33. The van der Waals surface area contributed by atoms with Gasteiger partial charge in [-0.15, -0.1) is 10.2 Å². The minimum Gasteiger partial charge on any atom is -0.385 e. The number of hydrogen-bond donors (Lipinski definition) is 2. The fraction of sp³-hybridized carbons (Fsp3) is 0.409. The minimum atomic E-state index is -0.738. The van der Waals surface area contributed by atoms with Gasteiger partial charge in [-0.1, -0.05) is 44.2 Å². The van der Waals surface area contributed by atoms with E-state index in [1.54, 1.807) is 22.7 Å². The molecule has 1 aromatic carbocycles. The van der Waals surface area contributed by atoms with Gasteiger partial charge in [0.15, 0.2) is 11.5 Å². The van der Waals surface area contributed by atoms with Crippen LogP contribution in [0.1, 0.15) is 54.5 Å². The van der Waals surface area contributed by atoms with E-state index in [1.165, 1.54) is 0 Å². The van der Waals surface area contributed by atoms with Crippen LogP contribution in [0.3, 0.4) is 0 Å². The summed E-state index contributed by atoms with van der Waals surface area (Å²) >= 11 is 0. The first-order valence-electron chi connectivity index (χ1n) is 10.0. The molecule has 1 amide bonds. The zero-order chi connectivity index (χ0) is 20.4. The molecule has 0 saturated heterocycles. The van der Waals surface area contributed by atoms with Crippen LogP contribution in [0.15, 0.2) is 48.7 Å². The Kier molecular flexibility index (Phi) is 5.60. The number of ether oxygens (including phenoxy) is 1. The summed E-state index contributed by atoms with van der Waals surface area (Å²) in [6.45, 7) is 4.42. The summed E-state index contributed by atoms with van der Waals surface area (Å²) in [5.41, 5.74) is 2.28. The first-order valence-corrected chi connectivity index (χ1v) is 10.0. The molecule has 152 valence electrons. The van der Waals surface area contributed by atoms with Crippen LogP contribution >= 0.6 is 0 Å². The van der Waals surface area contributed by atoms with Gasteiger partial charge in [-0.2, -0.15) is 0 Å². The number of nitrogens with zero attached hydrogens (tertiary/aromatic N) is 3. The Morgan fingerprint density at radius 2 is 1.97 bits per heavy atom. The molecule has 1 aliphatic rings. The van der Waals surface area contributed by atoms with Gasteiger partial charge in [0.1, 0.15) is 6.10 Å². The third-order valence-corrected chi connectivity index (χ3v) is 5.35. The fourth-order valence-corrected chi connectivity index (χ4v) is 3.42. The van der Waals surface area contributed by atoms with Crippen molar-refractivity contribution in [2.75, 3.05) is 0 Å². The highest BCUT2D eigenvalue weighted by atomic mass is 16.5. The third-order valence-electron chi connectivity index (χ3n) is 5.35. The number of fused-ring (bicyclic) bond motifs is 1. The van der Waals surface area contributed by atoms with Crippen molar-refractivity contribution in [2.24, 2.45) is 5.92 Å². The number of rotatable bonds is 7. The van der Waals surface area contributed by atoms with Crippen LogP contribution in [-0.4, -0.2) is 37.8 Å². The van der Waals surface area contributed by atoms with Crippen molar-refractivity contribution in [1.29, 1.82) is 0 Å². The molecule has 0 radical (unpaired) electrons. The Morgan fingerprint density at radius 3 is 2.69 bits per heavy atom. The van der Waals surface area contributed by atoms with Crippen LogP contribution in [0.2, 0.25) is 0 Å². The lowest BCUT2D eigenvalue weighted by molar-refractivity contribution is -0.0251. The van der Waals surface area contributed by atoms with E-state index in [9.17, 15) is 9.90 Å². The van der Waals surface area contributed by atoms with Crippen LogP contribution < -0.4 is 5.32 Å². The molecule has 2 heterocycles. The number of aliphatic hydroxyl groups is 1. The zero-order valence-corrected chi connectivity index (χ0v) is 16.7. The average Bonchev–Trinajstić information content (AvgIpc) is 3.12. The van der Waals surface area contributed by atoms with Gasteiger partial charge in [0, 0.05) is 12.2 Å². The average molecular weight is 394 g/mol. The number of aromatic nitrogens is 3. The summed E-state index contributed by atoms with van der Waals surface area (Å²) in [4.78, 5) is 12.6. The van der Waals surface area contributed by atoms with Gasteiger partial charge in [-0.3, -0.25) is 9.20 Å². The maximum Gasteiger partial charge on any atom is 0.253 e. The second kappa shape index (κ2) is 8.31. The topological polar surface area (TPSA) is 88.8 Å². The number of amides is 1. The Labute approximate surface area is 169 Å². The van der Waals surface area contributed by atoms with Crippen LogP contribution in [0.5, 0.6) is 0 Å². The molecule has 1 aliphatic carbocycles. The first kappa shape index (κ1) is 19.5. The number of carbonyl (C=O) groups is 1. The van der Waals surface area contributed by atoms with E-state index in [2.05, 4.69) is 15.5 Å². The van der Waals surface area contributed by atoms with E-state index in [4.69, 9.17) is 4.74 Å². The Hall–Kier alpha value is -2.77. The standard InChI is InChI=1S/C22H26N4O3/c1-14(2)20(27)21-25-24-19-9-8-16(12-26(19)21)22(28)23-17-10-18(11-17)29-13-15-6-4-3-5-7-15/h3-9,12,14,17-18,20,27H,10-11,13H2,1-2H3,(H,23,28). The number of carbonyl (C=O) groups excluding carboxylic acids is 1. The van der Waals surface area contributed by atoms with Crippen molar-refractivity contribution in [3.63, 3.8) is 0 Å². The van der Waals surface area contributed by atoms with Crippen molar-refractivity contribution in [2.45, 2.75) is 51.5 Å². The minimum absolute atomic E-state index is 0.00248. The molecule has 3 aromatic rings. The number of hydrogen-bond acceptors (Lipinski definition) is 5. The van der Waals surface area contributed by atoms with Crippen molar-refractivity contribution in [1.82, 2.24) is 19.9 Å². The van der Waals surface area contributed by atoms with E-state index >= 15 is 0 Å². The van der Waals surface area contributed by atoms with E-state index < -0.39 is 6.10 Å². The smallest absolute Gasteiger partial charge is 0.253 e. The highest BCUT2D eigenvalue weighted by molar-refractivity contribution is 5.94. The molecule has 1 unspecified atom stereocenters. The summed E-state index contributed by atoms with van der Waals surface area (Å²) in [5.74, 6) is 0.308. The van der Waals surface area contributed by atoms with Gasteiger partial charge in [0.05, 0.1) is 18.3 Å². The van der Waals surface area contributed by atoms with Crippen molar-refractivity contribution < 1.29 is 14.6 Å². The fourth-order valence-electron chi connectivity index (χ4n) is 3.42. The molecule has 29 heavy (non-hydrogen) atoms. The van der Waals surface area contributed by atoms with Crippen LogP contribution in [0.25, 0.3) is 5.65 Å². The summed E-state index contributed by atoms with van der Waals surface area (Å²) in [6, 6.07) is 13.7. The van der Waals surface area contributed by atoms with Gasteiger partial charge in [0.25, 0.3) is 5.91 Å². The van der Waals surface area contributed by atoms with E-state index in [-0.39, 0.29) is 24.0 Å². The van der Waals surface area contributed by atoms with Gasteiger partial charge in [-0.05, 0) is 36.5 Å². The van der Waals surface area contributed by atoms with E-state index in [1.807, 2.05) is 44.2 Å². The first-order chi connectivity index (χ1) is 14.0. The largest absolute Gasteiger partial charge is 0.385 e. The number of benzene rings is 1. The molecule has 1 fully saturated rings. The lowest BCUT2D eigenvalue weighted by Gasteiger charge is -2.35. The molecule has 1 saturated carbocycles. The number of pyridine rings is 1. The van der Waals surface area contributed by atoms with Crippen LogP contribution in [-0.2, 0) is 11.3 Å². The molecule has 1 atom stereocenters. The van der Waals surface area contributed by atoms with Crippen molar-refractivity contribution >= 4 is 11.6 Å². The zero-order valence-electron chi connectivity index (χ0n) is 16.7. The van der Waals surface area contributed by atoms with Gasteiger partial charge < -0.3 is 15.2 Å². The lowest BCUT2D eigenvalue weighted by Crippen LogP contribution is -2.47. The summed E-state index contributed by atoms with van der Waals surface area (Å²) in [7, 11) is 0. The van der Waals surface area contributed by atoms with Crippen LogP contribution in [0, 0.1) is 5.92 Å². The van der Waals surface area contributed by atoms with Crippen molar-refractivity contribution in [3.05, 3.63) is 65.6 Å². The third kappa shape index (κ3) is 4.31. The number of aliphatic hydroxyl groups excluding tert-OH is 1. The molecule has 7 heteroatoms. The highest BCUT2D eigenvalue weighted by Crippen LogP contribution is 2.25. The molecule has 0 aliphatic heterocycles. The summed E-state index contributed by atoms with van der Waals surface area (Å²) in [5, 5.41) is 21.5. The summed E-state index contributed by atoms with van der Waals surface area (Å²) in [6.07, 6.45) is 2.74. The highest BCUT2D eigenvalue weighted by Gasteiger charge is 2.31. The molecule has 7 nitrogen and oxygen atoms in total. The van der Waals surface area contributed by atoms with Crippen LogP contribution in [0.4, 0.5) is 0 Å². The molecular weight excluding hydrogens is 368 g/mol. The number of nitrogens with one attached hydrogen (secondary N) is 1. The van der Waals surface area contributed by atoms with Gasteiger partial charge >= 0.3 is 0 Å². The van der Waals surface area contributed by atoms with Crippen molar-refractivity contribution in [3.8, 4) is 0 Å². The lowest BCUT2D eigenvalue weighted by atomic mass is 9.89. The maximum absolute atomic E-state index is 12.6. The molecule has 4 rings (SSSR count). The van der Waals surface area contributed by atoms with E-state index in [0.717, 1.165) is 18.4 Å². The predicted octanol–water partition coefficient (Wildman–Crippen LogP) is 2.90. The van der Waals surface area contributed by atoms with Gasteiger partial charge in [-0.25, -0.2) is 0 Å². The molecular formula is C22H26N4O3. The quantitative estimate of drug-likeness (QED) is 0.643. The molecule has 0 bridgehead atoms. The monoisotopic (exact) mass is 394 g/mol. The molecule has 2 N–H and O–H groups in total.